The van der Waals surface area contributed by atoms with Gasteiger partial charge in [-0.2, -0.15) is 0 Å². The predicted molar refractivity (Wildman–Crippen MR) is 80.3 cm³/mol. The quantitative estimate of drug-likeness (QED) is 0.804. The minimum atomic E-state index is -3.63. The third kappa shape index (κ3) is 3.13. The minimum Gasteiger partial charge on any atom is -0.377 e. The highest BCUT2D eigenvalue weighted by Crippen LogP contribution is 2.34. The molecule has 1 fully saturated rings. The molecule has 1 aliphatic carbocycles. The van der Waals surface area contributed by atoms with Crippen molar-refractivity contribution in [1.29, 1.82) is 0 Å². The fraction of sp³-hybridized carbons (Fsp3) is 0.583. The van der Waals surface area contributed by atoms with Crippen molar-refractivity contribution < 1.29 is 13.2 Å². The summed E-state index contributed by atoms with van der Waals surface area (Å²) >= 11 is 3.24. The monoisotopic (exact) mass is 363 g/mol. The molecule has 8 heteroatoms. The third-order valence-corrected chi connectivity index (χ3v) is 5.48. The van der Waals surface area contributed by atoms with Gasteiger partial charge in [-0.1, -0.05) is 0 Å². The number of nitrogens with one attached hydrogen (secondary N) is 2. The summed E-state index contributed by atoms with van der Waals surface area (Å²) < 4.78 is 33.4. The van der Waals surface area contributed by atoms with Crippen molar-refractivity contribution in [3.05, 3.63) is 16.7 Å². The molecule has 0 unspecified atom stereocenters. The highest BCUT2D eigenvalue weighted by Gasteiger charge is 2.38. The number of methoxy groups -OCH3 is 1. The van der Waals surface area contributed by atoms with Crippen LogP contribution in [-0.4, -0.2) is 39.7 Å². The van der Waals surface area contributed by atoms with E-state index < -0.39 is 10.0 Å². The van der Waals surface area contributed by atoms with Gasteiger partial charge in [0.25, 0.3) is 0 Å². The SMILES string of the molecule is CNc1ncc(Br)cc1S(=O)(=O)NCC1(OC)CCC1. The number of nitrogens with zero attached hydrogens (tertiary/aromatic N) is 1. The van der Waals surface area contributed by atoms with Crippen LogP contribution in [-0.2, 0) is 14.8 Å². The predicted octanol–water partition coefficient (Wildman–Crippen LogP) is 1.73. The van der Waals surface area contributed by atoms with E-state index in [0.717, 1.165) is 19.3 Å². The summed E-state index contributed by atoms with van der Waals surface area (Å²) in [5.41, 5.74) is -0.355. The molecule has 0 radical (unpaired) electrons. The summed E-state index contributed by atoms with van der Waals surface area (Å²) in [4.78, 5) is 4.18. The van der Waals surface area contributed by atoms with Gasteiger partial charge in [-0.25, -0.2) is 18.1 Å². The second-order valence-corrected chi connectivity index (χ2v) is 7.47. The van der Waals surface area contributed by atoms with Crippen LogP contribution in [0.1, 0.15) is 19.3 Å². The number of ether oxygens (including phenoxy) is 1. The van der Waals surface area contributed by atoms with E-state index in [9.17, 15) is 8.42 Å². The molecular formula is C12H18BrN3O3S. The van der Waals surface area contributed by atoms with E-state index in [1.165, 1.54) is 6.07 Å². The lowest BCUT2D eigenvalue weighted by atomic mass is 9.80. The van der Waals surface area contributed by atoms with Crippen LogP contribution >= 0.6 is 15.9 Å². The van der Waals surface area contributed by atoms with Crippen LogP contribution in [0.15, 0.2) is 21.6 Å². The Morgan fingerprint density at radius 2 is 2.20 bits per heavy atom. The number of halogens is 1. The molecule has 0 aliphatic heterocycles. The Kier molecular flexibility index (Phi) is 4.68. The van der Waals surface area contributed by atoms with E-state index in [2.05, 4.69) is 31.0 Å². The number of hydrogen-bond acceptors (Lipinski definition) is 5. The molecule has 2 N–H and O–H groups in total. The third-order valence-electron chi connectivity index (χ3n) is 3.63. The van der Waals surface area contributed by atoms with Crippen LogP contribution in [0, 0.1) is 0 Å². The fourth-order valence-corrected chi connectivity index (χ4v) is 3.92. The number of pyridine rings is 1. The number of aromatic nitrogens is 1. The van der Waals surface area contributed by atoms with Gasteiger partial charge in [-0.15, -0.1) is 0 Å². The van der Waals surface area contributed by atoms with E-state index in [1.807, 2.05) is 0 Å². The van der Waals surface area contributed by atoms with Gasteiger partial charge < -0.3 is 10.1 Å². The molecule has 0 aromatic carbocycles. The molecule has 0 bridgehead atoms. The molecule has 1 heterocycles. The van der Waals surface area contributed by atoms with E-state index in [-0.39, 0.29) is 17.0 Å². The molecule has 0 amide bonds. The van der Waals surface area contributed by atoms with Crippen LogP contribution in [0.5, 0.6) is 0 Å². The smallest absolute Gasteiger partial charge is 0.244 e. The Hall–Kier alpha value is -0.700. The summed E-state index contributed by atoms with van der Waals surface area (Å²) in [5.74, 6) is 0.320. The first kappa shape index (κ1) is 15.7. The number of anilines is 1. The van der Waals surface area contributed by atoms with Crippen LogP contribution in [0.25, 0.3) is 0 Å². The number of rotatable bonds is 6. The Morgan fingerprint density at radius 3 is 2.70 bits per heavy atom. The zero-order valence-electron chi connectivity index (χ0n) is 11.4. The highest BCUT2D eigenvalue weighted by molar-refractivity contribution is 9.10. The zero-order chi connectivity index (χ0) is 14.8. The van der Waals surface area contributed by atoms with Gasteiger partial charge >= 0.3 is 0 Å². The van der Waals surface area contributed by atoms with Gasteiger partial charge in [-0.05, 0) is 41.3 Å². The molecular weight excluding hydrogens is 346 g/mol. The lowest BCUT2D eigenvalue weighted by Crippen LogP contribution is -2.49. The summed E-state index contributed by atoms with van der Waals surface area (Å²) in [7, 11) is -0.375. The Morgan fingerprint density at radius 1 is 1.50 bits per heavy atom. The summed E-state index contributed by atoms with van der Waals surface area (Å²) in [6, 6.07) is 1.53. The second kappa shape index (κ2) is 5.97. The van der Waals surface area contributed by atoms with E-state index in [4.69, 9.17) is 4.74 Å². The molecule has 0 atom stereocenters. The van der Waals surface area contributed by atoms with Crippen molar-refractivity contribution in [3.8, 4) is 0 Å². The molecule has 1 aliphatic rings. The molecule has 0 spiro atoms. The molecule has 1 aromatic heterocycles. The highest BCUT2D eigenvalue weighted by atomic mass is 79.9. The second-order valence-electron chi connectivity index (χ2n) is 4.82. The lowest BCUT2D eigenvalue weighted by Gasteiger charge is -2.40. The van der Waals surface area contributed by atoms with Crippen molar-refractivity contribution in [2.45, 2.75) is 29.8 Å². The molecule has 6 nitrogen and oxygen atoms in total. The van der Waals surface area contributed by atoms with Gasteiger partial charge in [0, 0.05) is 31.4 Å². The fourth-order valence-electron chi connectivity index (χ4n) is 2.14. The van der Waals surface area contributed by atoms with Crippen molar-refractivity contribution in [2.24, 2.45) is 0 Å². The van der Waals surface area contributed by atoms with Gasteiger partial charge in [0.05, 0.1) is 5.60 Å². The molecule has 0 saturated heterocycles. The van der Waals surface area contributed by atoms with E-state index in [1.54, 1.807) is 20.4 Å². The average Bonchev–Trinajstić information content (AvgIpc) is 2.38. The van der Waals surface area contributed by atoms with Crippen LogP contribution in [0.4, 0.5) is 5.82 Å². The molecule has 1 aromatic rings. The average molecular weight is 364 g/mol. The number of sulfonamides is 1. The summed E-state index contributed by atoms with van der Waals surface area (Å²) in [6.07, 6.45) is 4.37. The Bertz CT molecular complexity index is 582. The minimum absolute atomic E-state index is 0.125. The van der Waals surface area contributed by atoms with Crippen molar-refractivity contribution in [3.63, 3.8) is 0 Å². The van der Waals surface area contributed by atoms with Crippen LogP contribution in [0.2, 0.25) is 0 Å². The maximum absolute atomic E-state index is 12.4. The van der Waals surface area contributed by atoms with Crippen molar-refractivity contribution >= 4 is 31.8 Å². The Labute approximate surface area is 127 Å². The summed E-state index contributed by atoms with van der Waals surface area (Å²) in [5, 5.41) is 2.79. The number of hydrogen-bond donors (Lipinski definition) is 2. The van der Waals surface area contributed by atoms with E-state index >= 15 is 0 Å². The lowest BCUT2D eigenvalue weighted by molar-refractivity contribution is -0.0659. The van der Waals surface area contributed by atoms with Gasteiger partial charge in [0.1, 0.15) is 10.7 Å². The van der Waals surface area contributed by atoms with Crippen LogP contribution < -0.4 is 10.0 Å². The van der Waals surface area contributed by atoms with E-state index in [0.29, 0.717) is 10.3 Å². The summed E-state index contributed by atoms with van der Waals surface area (Å²) in [6.45, 7) is 0.279. The first-order chi connectivity index (χ1) is 9.42. The molecule has 112 valence electrons. The van der Waals surface area contributed by atoms with Crippen LogP contribution in [0.3, 0.4) is 0 Å². The maximum atomic E-state index is 12.4. The first-order valence-corrected chi connectivity index (χ1v) is 8.58. The molecule has 1 saturated carbocycles. The Balaban J connectivity index is 2.20. The van der Waals surface area contributed by atoms with Gasteiger partial charge in [-0.3, -0.25) is 0 Å². The topological polar surface area (TPSA) is 80.3 Å². The zero-order valence-corrected chi connectivity index (χ0v) is 13.8. The molecule has 20 heavy (non-hydrogen) atoms. The van der Waals surface area contributed by atoms with Gasteiger partial charge in [0.15, 0.2) is 0 Å². The van der Waals surface area contributed by atoms with Crippen molar-refractivity contribution in [1.82, 2.24) is 9.71 Å². The standard InChI is InChI=1S/C12H18BrN3O3S/c1-14-11-10(6-9(13)7-15-11)20(17,18)16-8-12(19-2)4-3-5-12/h6-7,16H,3-5,8H2,1-2H3,(H,14,15). The van der Waals surface area contributed by atoms with Crippen molar-refractivity contribution in [2.75, 3.05) is 26.0 Å². The maximum Gasteiger partial charge on any atom is 0.244 e. The first-order valence-electron chi connectivity index (χ1n) is 6.30. The van der Waals surface area contributed by atoms with Gasteiger partial charge in [0.2, 0.25) is 10.0 Å². The normalized spacial score (nSPS) is 17.6. The largest absolute Gasteiger partial charge is 0.377 e. The molecule has 2 rings (SSSR count).